The van der Waals surface area contributed by atoms with Gasteiger partial charge in [0.05, 0.1) is 5.56 Å². The lowest BCUT2D eigenvalue weighted by atomic mass is 10.2. The second-order valence-corrected chi connectivity index (χ2v) is 6.27. The van der Waals surface area contributed by atoms with Crippen LogP contribution in [0.15, 0.2) is 60.8 Å². The van der Waals surface area contributed by atoms with E-state index in [-0.39, 0.29) is 17.3 Å². The molecule has 0 radical (unpaired) electrons. The Balaban J connectivity index is 1.68. The van der Waals surface area contributed by atoms with E-state index in [9.17, 15) is 8.78 Å². The zero-order chi connectivity index (χ0) is 19.2. The Morgan fingerprint density at radius 3 is 2.41 bits per heavy atom. The molecule has 4 nitrogen and oxygen atoms in total. The van der Waals surface area contributed by atoms with Crippen LogP contribution in [0.1, 0.15) is 5.56 Å². The summed E-state index contributed by atoms with van der Waals surface area (Å²) in [5.74, 6) is -0.720. The van der Waals surface area contributed by atoms with Gasteiger partial charge in [0.25, 0.3) is 0 Å². The summed E-state index contributed by atoms with van der Waals surface area (Å²) in [5.41, 5.74) is 0.581. The minimum absolute atomic E-state index is 0.158. The highest BCUT2D eigenvalue weighted by molar-refractivity contribution is 7.80. The molecule has 3 aromatic rings. The number of anilines is 2. The number of pyridine rings is 1. The number of hydrogen-bond donors (Lipinski definition) is 2. The number of nitrogens with one attached hydrogen (secondary N) is 2. The third-order valence-electron chi connectivity index (χ3n) is 3.54. The van der Waals surface area contributed by atoms with E-state index in [0.29, 0.717) is 16.6 Å². The van der Waals surface area contributed by atoms with Crippen molar-refractivity contribution in [2.24, 2.45) is 0 Å². The van der Waals surface area contributed by atoms with Crippen molar-refractivity contribution in [1.82, 2.24) is 4.98 Å². The maximum absolute atomic E-state index is 13.7. The molecule has 3 rings (SSSR count). The molecule has 0 spiro atoms. The van der Waals surface area contributed by atoms with E-state index in [4.69, 9.17) is 28.6 Å². The van der Waals surface area contributed by atoms with Crippen LogP contribution < -0.4 is 15.4 Å². The second kappa shape index (κ2) is 8.75. The van der Waals surface area contributed by atoms with Gasteiger partial charge in [0.2, 0.25) is 0 Å². The van der Waals surface area contributed by atoms with Crippen LogP contribution in [0.5, 0.6) is 5.75 Å². The van der Waals surface area contributed by atoms with Crippen molar-refractivity contribution in [2.75, 3.05) is 10.6 Å². The molecule has 0 atom stereocenters. The summed E-state index contributed by atoms with van der Waals surface area (Å²) < 4.78 is 33.0. The first-order valence-electron chi connectivity index (χ1n) is 7.87. The van der Waals surface area contributed by atoms with Gasteiger partial charge >= 0.3 is 0 Å². The molecule has 138 valence electrons. The minimum Gasteiger partial charge on any atom is -0.485 e. The van der Waals surface area contributed by atoms with Crippen LogP contribution in [-0.4, -0.2) is 10.1 Å². The SMILES string of the molecule is Fc1cccc(F)c1COc1cccnc1NC(=S)Nc1ccc(Cl)cc1. The van der Waals surface area contributed by atoms with Crippen LogP contribution >= 0.6 is 23.8 Å². The van der Waals surface area contributed by atoms with Gasteiger partial charge in [-0.25, -0.2) is 13.8 Å². The van der Waals surface area contributed by atoms with Crippen molar-refractivity contribution in [2.45, 2.75) is 6.61 Å². The van der Waals surface area contributed by atoms with Gasteiger partial charge in [-0.3, -0.25) is 0 Å². The number of rotatable bonds is 5. The summed E-state index contributed by atoms with van der Waals surface area (Å²) in [6.45, 7) is -0.281. The maximum Gasteiger partial charge on any atom is 0.176 e. The van der Waals surface area contributed by atoms with Crippen LogP contribution in [-0.2, 0) is 6.61 Å². The number of hydrogen-bond acceptors (Lipinski definition) is 3. The van der Waals surface area contributed by atoms with E-state index in [2.05, 4.69) is 15.6 Å². The van der Waals surface area contributed by atoms with Crippen molar-refractivity contribution < 1.29 is 13.5 Å². The zero-order valence-corrected chi connectivity index (χ0v) is 15.5. The predicted octanol–water partition coefficient (Wildman–Crippen LogP) is 5.40. The topological polar surface area (TPSA) is 46.2 Å². The number of thiocarbonyl (C=S) groups is 1. The smallest absolute Gasteiger partial charge is 0.176 e. The van der Waals surface area contributed by atoms with Gasteiger partial charge in [-0.1, -0.05) is 17.7 Å². The lowest BCUT2D eigenvalue weighted by Crippen LogP contribution is -2.20. The lowest BCUT2D eigenvalue weighted by Gasteiger charge is -2.14. The fourth-order valence-electron chi connectivity index (χ4n) is 2.22. The third kappa shape index (κ3) is 5.12. The summed E-state index contributed by atoms with van der Waals surface area (Å²) in [6, 6.07) is 13.9. The highest BCUT2D eigenvalue weighted by atomic mass is 35.5. The number of halogens is 3. The molecule has 0 unspecified atom stereocenters. The third-order valence-corrected chi connectivity index (χ3v) is 3.99. The van der Waals surface area contributed by atoms with Crippen molar-refractivity contribution >= 4 is 40.4 Å². The van der Waals surface area contributed by atoms with Gasteiger partial charge in [-0.15, -0.1) is 0 Å². The van der Waals surface area contributed by atoms with Crippen molar-refractivity contribution in [3.63, 3.8) is 0 Å². The quantitative estimate of drug-likeness (QED) is 0.556. The molecule has 0 bridgehead atoms. The number of benzene rings is 2. The Morgan fingerprint density at radius 1 is 1.00 bits per heavy atom. The molecule has 2 N–H and O–H groups in total. The van der Waals surface area contributed by atoms with E-state index in [0.717, 1.165) is 5.69 Å². The van der Waals surface area contributed by atoms with Crippen LogP contribution in [0.25, 0.3) is 0 Å². The molecule has 0 aliphatic rings. The van der Waals surface area contributed by atoms with E-state index in [1.54, 1.807) is 42.6 Å². The Kier molecular flexibility index (Phi) is 6.16. The van der Waals surface area contributed by atoms with E-state index < -0.39 is 11.6 Å². The molecule has 0 aliphatic heterocycles. The molecule has 0 saturated carbocycles. The number of aromatic nitrogens is 1. The van der Waals surface area contributed by atoms with Gasteiger partial charge < -0.3 is 15.4 Å². The summed E-state index contributed by atoms with van der Waals surface area (Å²) in [6.07, 6.45) is 1.55. The Morgan fingerprint density at radius 2 is 1.70 bits per heavy atom. The zero-order valence-electron chi connectivity index (χ0n) is 13.9. The average Bonchev–Trinajstić information content (AvgIpc) is 2.64. The van der Waals surface area contributed by atoms with Gasteiger partial charge in [-0.2, -0.15) is 0 Å². The fourth-order valence-corrected chi connectivity index (χ4v) is 2.56. The maximum atomic E-state index is 13.7. The fraction of sp³-hybridized carbons (Fsp3) is 0.0526. The van der Waals surface area contributed by atoms with Gasteiger partial charge in [0.15, 0.2) is 16.7 Å². The molecule has 0 aliphatic carbocycles. The molecular weight excluding hydrogens is 392 g/mol. The molecule has 8 heteroatoms. The van der Waals surface area contributed by atoms with Gasteiger partial charge in [0.1, 0.15) is 18.2 Å². The van der Waals surface area contributed by atoms with Gasteiger partial charge in [0, 0.05) is 16.9 Å². The molecule has 0 fully saturated rings. The molecule has 0 saturated heterocycles. The van der Waals surface area contributed by atoms with Crippen LogP contribution in [0.3, 0.4) is 0 Å². The standard InChI is InChI=1S/C19H14ClF2N3OS/c20-12-6-8-13(9-7-12)24-19(27)25-18-17(5-2-10-23-18)26-11-14-15(21)3-1-4-16(14)22/h1-10H,11H2,(H2,23,24,25,27). The first kappa shape index (κ1) is 19.0. The summed E-state index contributed by atoms with van der Waals surface area (Å²) in [4.78, 5) is 4.16. The largest absolute Gasteiger partial charge is 0.485 e. The lowest BCUT2D eigenvalue weighted by molar-refractivity contribution is 0.293. The Bertz CT molecular complexity index is 934. The molecule has 0 amide bonds. The van der Waals surface area contributed by atoms with Crippen molar-refractivity contribution in [1.29, 1.82) is 0 Å². The van der Waals surface area contributed by atoms with Crippen LogP contribution in [0, 0.1) is 11.6 Å². The number of nitrogens with zero attached hydrogens (tertiary/aromatic N) is 1. The normalized spacial score (nSPS) is 10.3. The molecule has 1 heterocycles. The Hall–Kier alpha value is -2.77. The highest BCUT2D eigenvalue weighted by Crippen LogP contribution is 2.24. The highest BCUT2D eigenvalue weighted by Gasteiger charge is 2.12. The van der Waals surface area contributed by atoms with E-state index in [1.807, 2.05) is 0 Å². The second-order valence-electron chi connectivity index (χ2n) is 5.43. The molecular formula is C19H14ClF2N3OS. The van der Waals surface area contributed by atoms with Crippen LogP contribution in [0.4, 0.5) is 20.3 Å². The minimum atomic E-state index is -0.673. The molecule has 1 aromatic heterocycles. The average molecular weight is 406 g/mol. The van der Waals surface area contributed by atoms with Crippen molar-refractivity contribution in [3.8, 4) is 5.75 Å². The summed E-state index contributed by atoms with van der Waals surface area (Å²) >= 11 is 11.1. The number of ether oxygens (including phenoxy) is 1. The monoisotopic (exact) mass is 405 g/mol. The summed E-state index contributed by atoms with van der Waals surface area (Å²) in [5, 5.41) is 6.77. The van der Waals surface area contributed by atoms with Gasteiger partial charge in [-0.05, 0) is 60.7 Å². The summed E-state index contributed by atoms with van der Waals surface area (Å²) in [7, 11) is 0. The first-order chi connectivity index (χ1) is 13.0. The Labute approximate surface area is 165 Å². The van der Waals surface area contributed by atoms with Crippen molar-refractivity contribution in [3.05, 3.63) is 83.0 Å². The van der Waals surface area contributed by atoms with E-state index in [1.165, 1.54) is 18.2 Å². The van der Waals surface area contributed by atoms with E-state index >= 15 is 0 Å². The van der Waals surface area contributed by atoms with Crippen LogP contribution in [0.2, 0.25) is 5.02 Å². The predicted molar refractivity (Wildman–Crippen MR) is 106 cm³/mol. The first-order valence-corrected chi connectivity index (χ1v) is 8.66. The molecule has 2 aromatic carbocycles. The molecule has 27 heavy (non-hydrogen) atoms.